The molecule has 0 amide bonds. The topological polar surface area (TPSA) is 214 Å². The smallest absolute Gasteiger partial charge is 0.306 e. The van der Waals surface area contributed by atoms with Crippen LogP contribution >= 0.6 is 0 Å². The largest absolute Gasteiger partial charge is 0.457 e. The maximum absolute atomic E-state index is 12.9. The van der Waals surface area contributed by atoms with Gasteiger partial charge in [0.05, 0.1) is 26.4 Å². The monoisotopic (exact) mass is 863 g/mol. The van der Waals surface area contributed by atoms with Crippen LogP contribution in [0.5, 0.6) is 0 Å². The lowest BCUT2D eigenvalue weighted by molar-refractivity contribution is -0.332. The van der Waals surface area contributed by atoms with Crippen LogP contribution in [0.1, 0.15) is 174 Å². The van der Waals surface area contributed by atoms with Crippen LogP contribution in [0.3, 0.4) is 0 Å². The first-order valence-electron chi connectivity index (χ1n) is 23.8. The Labute approximate surface area is 361 Å². The van der Waals surface area contributed by atoms with E-state index in [1.807, 2.05) is 0 Å². The molecule has 60 heavy (non-hydrogen) atoms. The minimum atomic E-state index is -1.70. The van der Waals surface area contributed by atoms with Gasteiger partial charge in [0, 0.05) is 13.0 Å². The molecule has 0 radical (unpaired) electrons. The fourth-order valence-electron chi connectivity index (χ4n) is 7.57. The first-order valence-corrected chi connectivity index (χ1v) is 23.8. The highest BCUT2D eigenvalue weighted by atomic mass is 16.7. The Balaban J connectivity index is 1.77. The van der Waals surface area contributed by atoms with Crippen molar-refractivity contribution >= 4 is 5.97 Å². The third-order valence-electron chi connectivity index (χ3n) is 11.5. The first-order chi connectivity index (χ1) is 29.1. The number of esters is 1. The molecule has 14 heteroatoms. The zero-order valence-corrected chi connectivity index (χ0v) is 37.2. The molecule has 7 N–H and O–H groups in total. The first kappa shape index (κ1) is 54.9. The molecular weight excluding hydrogens is 776 g/mol. The van der Waals surface area contributed by atoms with E-state index in [4.69, 9.17) is 28.4 Å². The summed E-state index contributed by atoms with van der Waals surface area (Å²) in [6, 6.07) is 0. The average Bonchev–Trinajstić information content (AvgIpc) is 3.24. The van der Waals surface area contributed by atoms with E-state index in [0.717, 1.165) is 44.9 Å². The van der Waals surface area contributed by atoms with Crippen LogP contribution < -0.4 is 0 Å². The molecule has 14 nitrogen and oxygen atoms in total. The number of carbonyl (C=O) groups excluding carboxylic acids is 1. The maximum Gasteiger partial charge on any atom is 0.306 e. The molecule has 0 aromatic carbocycles. The molecule has 0 aromatic rings. The molecule has 354 valence electrons. The van der Waals surface area contributed by atoms with Crippen LogP contribution in [0, 0.1) is 0 Å². The number of hydrogen-bond acceptors (Lipinski definition) is 14. The highest BCUT2D eigenvalue weighted by Gasteiger charge is 2.47. The molecular formula is C46H86O14. The van der Waals surface area contributed by atoms with E-state index >= 15 is 0 Å². The Bertz CT molecular complexity index is 1050. The number of aliphatic hydroxyl groups is 7. The van der Waals surface area contributed by atoms with Crippen molar-refractivity contribution in [1.29, 1.82) is 0 Å². The summed E-state index contributed by atoms with van der Waals surface area (Å²) in [7, 11) is 0. The zero-order valence-electron chi connectivity index (χ0n) is 37.2. The molecule has 0 aromatic heterocycles. The van der Waals surface area contributed by atoms with Gasteiger partial charge in [0.1, 0.15) is 54.9 Å². The standard InChI is InChI=1S/C46H86O14/c1-3-5-7-9-11-13-14-15-16-17-18-19-20-22-24-26-28-30-55-32-35(58-38(48)29-27-25-23-21-12-10-8-6-4-2)33-56-45-44(54)42(52)40(50)37(60-45)34-57-46-43(53)41(51)39(49)36(31-47)59-46/h16-17,35-37,39-47,49-54H,3-15,18-34H2,1-2H3/b17-16-. The van der Waals surface area contributed by atoms with Gasteiger partial charge in [-0.05, 0) is 38.5 Å². The number of unbranched alkanes of at least 4 members (excludes halogenated alkanes) is 21. The molecule has 2 heterocycles. The molecule has 0 aliphatic carbocycles. The summed E-state index contributed by atoms with van der Waals surface area (Å²) in [4.78, 5) is 12.9. The quantitative estimate of drug-likeness (QED) is 0.0220. The number of allylic oxidation sites excluding steroid dienone is 2. The van der Waals surface area contributed by atoms with Crippen molar-refractivity contribution in [3.8, 4) is 0 Å². The molecule has 0 saturated carbocycles. The Morgan fingerprint density at radius 1 is 0.533 bits per heavy atom. The second-order valence-corrected chi connectivity index (χ2v) is 16.9. The third kappa shape index (κ3) is 23.4. The Morgan fingerprint density at radius 3 is 1.52 bits per heavy atom. The molecule has 11 unspecified atom stereocenters. The predicted molar refractivity (Wildman–Crippen MR) is 229 cm³/mol. The van der Waals surface area contributed by atoms with Crippen LogP contribution in [0.15, 0.2) is 12.2 Å². The van der Waals surface area contributed by atoms with Crippen molar-refractivity contribution in [3.05, 3.63) is 12.2 Å². The summed E-state index contributed by atoms with van der Waals surface area (Å²) in [5, 5.41) is 71.9. The Morgan fingerprint density at radius 2 is 0.983 bits per heavy atom. The highest BCUT2D eigenvalue weighted by Crippen LogP contribution is 2.26. The summed E-state index contributed by atoms with van der Waals surface area (Å²) in [6.45, 7) is 3.65. The van der Waals surface area contributed by atoms with Gasteiger partial charge in [-0.1, -0.05) is 142 Å². The van der Waals surface area contributed by atoms with Gasteiger partial charge in [0.25, 0.3) is 0 Å². The molecule has 2 fully saturated rings. The zero-order chi connectivity index (χ0) is 43.8. The molecule has 2 saturated heterocycles. The van der Waals surface area contributed by atoms with Crippen LogP contribution in [0.4, 0.5) is 0 Å². The van der Waals surface area contributed by atoms with E-state index in [2.05, 4.69) is 26.0 Å². The molecule has 2 rings (SSSR count). The summed E-state index contributed by atoms with van der Waals surface area (Å²) in [5.41, 5.74) is 0. The van der Waals surface area contributed by atoms with E-state index in [1.54, 1.807) is 0 Å². The lowest BCUT2D eigenvalue weighted by atomic mass is 9.98. The summed E-state index contributed by atoms with van der Waals surface area (Å²) >= 11 is 0. The van der Waals surface area contributed by atoms with Crippen LogP contribution in [-0.4, -0.2) is 142 Å². The minimum absolute atomic E-state index is 0.0618. The van der Waals surface area contributed by atoms with E-state index in [0.29, 0.717) is 13.0 Å². The van der Waals surface area contributed by atoms with E-state index in [9.17, 15) is 40.5 Å². The van der Waals surface area contributed by atoms with Gasteiger partial charge in [-0.3, -0.25) is 4.79 Å². The van der Waals surface area contributed by atoms with Crippen LogP contribution in [0.25, 0.3) is 0 Å². The van der Waals surface area contributed by atoms with Crippen molar-refractivity contribution in [3.63, 3.8) is 0 Å². The molecule has 0 spiro atoms. The van der Waals surface area contributed by atoms with Gasteiger partial charge in [-0.15, -0.1) is 0 Å². The van der Waals surface area contributed by atoms with Gasteiger partial charge in [-0.25, -0.2) is 0 Å². The maximum atomic E-state index is 12.9. The van der Waals surface area contributed by atoms with E-state index < -0.39 is 80.7 Å². The van der Waals surface area contributed by atoms with Crippen molar-refractivity contribution < 1.29 is 69.0 Å². The normalized spacial score (nSPS) is 27.8. The lowest BCUT2D eigenvalue weighted by Gasteiger charge is -2.42. The third-order valence-corrected chi connectivity index (χ3v) is 11.5. The van der Waals surface area contributed by atoms with Crippen LogP contribution in [-0.2, 0) is 33.2 Å². The SMILES string of the molecule is CCCCCCCCC/C=C\CCCCCCCCOCC(COC1OC(COC2OC(CO)C(O)C(O)C2O)C(O)C(O)C1O)OC(=O)CCCCCCCCCCC. The second kappa shape index (κ2) is 35.1. The fourth-order valence-corrected chi connectivity index (χ4v) is 7.57. The summed E-state index contributed by atoms with van der Waals surface area (Å²) < 4.78 is 34.1. The van der Waals surface area contributed by atoms with E-state index in [1.165, 1.54) is 103 Å². The van der Waals surface area contributed by atoms with Gasteiger partial charge in [0.15, 0.2) is 12.6 Å². The lowest BCUT2D eigenvalue weighted by Crippen LogP contribution is -2.61. The number of hydrogen-bond donors (Lipinski definition) is 7. The minimum Gasteiger partial charge on any atom is -0.457 e. The molecule has 2 aliphatic rings. The van der Waals surface area contributed by atoms with E-state index in [-0.39, 0.29) is 25.6 Å². The van der Waals surface area contributed by atoms with Gasteiger partial charge >= 0.3 is 5.97 Å². The molecule has 0 bridgehead atoms. The average molecular weight is 863 g/mol. The highest BCUT2D eigenvalue weighted by molar-refractivity contribution is 5.69. The second-order valence-electron chi connectivity index (χ2n) is 16.9. The number of ether oxygens (including phenoxy) is 6. The molecule has 2 aliphatic heterocycles. The Hall–Kier alpha value is -1.27. The Kier molecular flexibility index (Phi) is 32.1. The summed E-state index contributed by atoms with van der Waals surface area (Å²) in [5.74, 6) is -0.380. The number of carbonyl (C=O) groups is 1. The van der Waals surface area contributed by atoms with Crippen molar-refractivity contribution in [2.45, 2.75) is 242 Å². The predicted octanol–water partition coefficient (Wildman–Crippen LogP) is 5.90. The van der Waals surface area contributed by atoms with Crippen molar-refractivity contribution in [1.82, 2.24) is 0 Å². The van der Waals surface area contributed by atoms with Gasteiger partial charge < -0.3 is 64.2 Å². The van der Waals surface area contributed by atoms with Crippen molar-refractivity contribution in [2.75, 3.05) is 33.0 Å². The molecule has 11 atom stereocenters. The van der Waals surface area contributed by atoms with Gasteiger partial charge in [-0.2, -0.15) is 0 Å². The van der Waals surface area contributed by atoms with Gasteiger partial charge in [0.2, 0.25) is 0 Å². The summed E-state index contributed by atoms with van der Waals surface area (Å²) in [6.07, 6.45) is 17.2. The van der Waals surface area contributed by atoms with Crippen molar-refractivity contribution in [2.24, 2.45) is 0 Å². The fraction of sp³-hybridized carbons (Fsp3) is 0.935. The number of rotatable bonds is 37. The van der Waals surface area contributed by atoms with Crippen LogP contribution in [0.2, 0.25) is 0 Å². The number of aliphatic hydroxyl groups excluding tert-OH is 7.